The van der Waals surface area contributed by atoms with Crippen molar-refractivity contribution in [3.05, 3.63) is 88.9 Å². The molecule has 0 atom stereocenters. The number of halogens is 1. The first kappa shape index (κ1) is 15.7. The van der Waals surface area contributed by atoms with E-state index in [0.717, 1.165) is 10.4 Å². The number of amides is 1. The Balaban J connectivity index is 1.70. The van der Waals surface area contributed by atoms with Gasteiger partial charge in [-0.3, -0.25) is 15.0 Å². The van der Waals surface area contributed by atoms with Crippen molar-refractivity contribution in [2.45, 2.75) is 0 Å². The Morgan fingerprint density at radius 1 is 1.04 bits per heavy atom. The van der Waals surface area contributed by atoms with E-state index < -0.39 is 17.3 Å². The van der Waals surface area contributed by atoms with Gasteiger partial charge in [-0.1, -0.05) is 18.2 Å². The van der Waals surface area contributed by atoms with E-state index in [9.17, 15) is 14.0 Å². The Kier molecular flexibility index (Phi) is 3.77. The van der Waals surface area contributed by atoms with Gasteiger partial charge in [0.05, 0.1) is 11.9 Å². The molecule has 8 heteroatoms. The molecule has 2 aromatic heterocycles. The molecule has 4 rings (SSSR count). The molecule has 4 aromatic rings. The van der Waals surface area contributed by atoms with Crippen LogP contribution in [0.3, 0.4) is 0 Å². The van der Waals surface area contributed by atoms with Gasteiger partial charge in [-0.05, 0) is 36.4 Å². The number of fused-ring (bicyclic) bond motifs is 1. The highest BCUT2D eigenvalue weighted by Crippen LogP contribution is 2.12. The Morgan fingerprint density at radius 2 is 1.77 bits per heavy atom. The van der Waals surface area contributed by atoms with E-state index in [1.807, 2.05) is 30.3 Å². The van der Waals surface area contributed by atoms with Gasteiger partial charge in [0.15, 0.2) is 5.65 Å². The summed E-state index contributed by atoms with van der Waals surface area (Å²) < 4.78 is 15.5. The van der Waals surface area contributed by atoms with Gasteiger partial charge in [-0.15, -0.1) is 0 Å². The molecule has 0 unspecified atom stereocenters. The summed E-state index contributed by atoms with van der Waals surface area (Å²) in [6.45, 7) is 0. The second-order valence-electron chi connectivity index (χ2n) is 5.50. The lowest BCUT2D eigenvalue weighted by Gasteiger charge is -2.08. The summed E-state index contributed by atoms with van der Waals surface area (Å²) in [4.78, 5) is 29.0. The number of rotatable bonds is 3. The van der Waals surface area contributed by atoms with Gasteiger partial charge in [0, 0.05) is 5.56 Å². The molecule has 2 heterocycles. The number of nitrogens with one attached hydrogen (secondary N) is 1. The van der Waals surface area contributed by atoms with Crippen LogP contribution >= 0.6 is 0 Å². The molecule has 2 aromatic carbocycles. The van der Waals surface area contributed by atoms with E-state index in [0.29, 0.717) is 5.65 Å². The van der Waals surface area contributed by atoms with Gasteiger partial charge in [0.25, 0.3) is 11.5 Å². The molecule has 0 aliphatic heterocycles. The first-order chi connectivity index (χ1) is 12.6. The maximum absolute atomic E-state index is 13.0. The smallest absolute Gasteiger partial charge is 0.267 e. The maximum Gasteiger partial charge on any atom is 0.283 e. The van der Waals surface area contributed by atoms with Crippen molar-refractivity contribution >= 4 is 16.9 Å². The Morgan fingerprint density at radius 3 is 2.50 bits per heavy atom. The van der Waals surface area contributed by atoms with Crippen molar-refractivity contribution in [2.75, 3.05) is 5.43 Å². The van der Waals surface area contributed by atoms with Crippen LogP contribution in [0, 0.1) is 5.82 Å². The molecule has 1 N–H and O–H groups in total. The quantitative estimate of drug-likeness (QED) is 0.614. The van der Waals surface area contributed by atoms with Crippen LogP contribution in [0.5, 0.6) is 0 Å². The second-order valence-corrected chi connectivity index (χ2v) is 5.50. The Bertz CT molecular complexity index is 1150. The molecular weight excluding hydrogens is 337 g/mol. The summed E-state index contributed by atoms with van der Waals surface area (Å²) in [5.41, 5.74) is 3.34. The minimum atomic E-state index is -0.552. The fraction of sp³-hybridized carbons (Fsp3) is 0. The number of nitrogens with zero attached hydrogens (tertiary/aromatic N) is 4. The lowest BCUT2D eigenvalue weighted by atomic mass is 10.2. The van der Waals surface area contributed by atoms with Crippen molar-refractivity contribution in [2.24, 2.45) is 0 Å². The number of para-hydroxylation sites is 1. The highest BCUT2D eigenvalue weighted by Gasteiger charge is 2.13. The molecule has 7 nitrogen and oxygen atoms in total. The number of carbonyl (C=O) groups excluding carboxylic acids is 1. The zero-order chi connectivity index (χ0) is 18.1. The van der Waals surface area contributed by atoms with E-state index in [2.05, 4.69) is 15.5 Å². The monoisotopic (exact) mass is 349 g/mol. The first-order valence-electron chi connectivity index (χ1n) is 7.71. The molecular formula is C18H12FN5O2. The van der Waals surface area contributed by atoms with Gasteiger partial charge < -0.3 is 0 Å². The minimum Gasteiger partial charge on any atom is -0.267 e. The Labute approximate surface area is 146 Å². The second kappa shape index (κ2) is 6.25. The number of hydrogen-bond donors (Lipinski definition) is 1. The van der Waals surface area contributed by atoms with Gasteiger partial charge in [0.2, 0.25) is 0 Å². The van der Waals surface area contributed by atoms with E-state index in [-0.39, 0.29) is 10.9 Å². The van der Waals surface area contributed by atoms with Gasteiger partial charge >= 0.3 is 0 Å². The summed E-state index contributed by atoms with van der Waals surface area (Å²) >= 11 is 0. The van der Waals surface area contributed by atoms with Crippen molar-refractivity contribution in [3.8, 4) is 5.69 Å². The molecule has 26 heavy (non-hydrogen) atoms. The SMILES string of the molecule is O=C(Nn1cnc2c(cnn2-c2ccccc2)c1=O)c1ccc(F)cc1. The normalized spacial score (nSPS) is 10.8. The third-order valence-electron chi connectivity index (χ3n) is 3.82. The molecule has 0 fully saturated rings. The van der Waals surface area contributed by atoms with Crippen LogP contribution in [0.1, 0.15) is 10.4 Å². The third kappa shape index (κ3) is 2.73. The predicted molar refractivity (Wildman–Crippen MR) is 93.2 cm³/mol. The van der Waals surface area contributed by atoms with Crippen molar-refractivity contribution < 1.29 is 9.18 Å². The van der Waals surface area contributed by atoms with Crippen molar-refractivity contribution in [3.63, 3.8) is 0 Å². The summed E-state index contributed by atoms with van der Waals surface area (Å²) in [7, 11) is 0. The van der Waals surface area contributed by atoms with Crippen LogP contribution in [-0.4, -0.2) is 25.3 Å². The summed E-state index contributed by atoms with van der Waals surface area (Å²) in [6.07, 6.45) is 2.62. The minimum absolute atomic E-state index is 0.221. The van der Waals surface area contributed by atoms with E-state index in [1.54, 1.807) is 4.68 Å². The van der Waals surface area contributed by atoms with Crippen LogP contribution < -0.4 is 11.0 Å². The number of aromatic nitrogens is 4. The lowest BCUT2D eigenvalue weighted by molar-refractivity contribution is 0.101. The number of benzene rings is 2. The fourth-order valence-electron chi connectivity index (χ4n) is 2.52. The Hall–Kier alpha value is -3.81. The highest BCUT2D eigenvalue weighted by atomic mass is 19.1. The zero-order valence-corrected chi connectivity index (χ0v) is 13.3. The molecule has 0 saturated heterocycles. The number of hydrogen-bond acceptors (Lipinski definition) is 4. The standard InChI is InChI=1S/C18H12FN5O2/c19-13-8-6-12(7-9-13)17(25)22-23-11-20-16-15(18(23)26)10-21-24(16)14-4-2-1-3-5-14/h1-11H,(H,22,25). The largest absolute Gasteiger partial charge is 0.283 e. The molecule has 0 aliphatic rings. The summed E-state index contributed by atoms with van der Waals surface area (Å²) in [5.74, 6) is -1.00. The first-order valence-corrected chi connectivity index (χ1v) is 7.71. The van der Waals surface area contributed by atoms with E-state index >= 15 is 0 Å². The fourth-order valence-corrected chi connectivity index (χ4v) is 2.52. The van der Waals surface area contributed by atoms with Gasteiger partial charge in [-0.2, -0.15) is 5.10 Å². The molecule has 128 valence electrons. The van der Waals surface area contributed by atoms with E-state index in [4.69, 9.17) is 0 Å². The number of carbonyl (C=O) groups is 1. The molecule has 0 bridgehead atoms. The van der Waals surface area contributed by atoms with Crippen LogP contribution in [0.15, 0.2) is 71.9 Å². The molecule has 0 aliphatic carbocycles. The zero-order valence-electron chi connectivity index (χ0n) is 13.3. The van der Waals surface area contributed by atoms with Crippen molar-refractivity contribution in [1.29, 1.82) is 0 Å². The average molecular weight is 349 g/mol. The van der Waals surface area contributed by atoms with Crippen LogP contribution in [0.2, 0.25) is 0 Å². The van der Waals surface area contributed by atoms with Gasteiger partial charge in [0.1, 0.15) is 17.5 Å². The highest BCUT2D eigenvalue weighted by molar-refractivity contribution is 6.00. The molecule has 1 amide bonds. The average Bonchev–Trinajstić information content (AvgIpc) is 3.10. The molecule has 0 radical (unpaired) electrons. The van der Waals surface area contributed by atoms with E-state index in [1.165, 1.54) is 36.8 Å². The van der Waals surface area contributed by atoms with Crippen molar-refractivity contribution in [1.82, 2.24) is 19.4 Å². The summed E-state index contributed by atoms with van der Waals surface area (Å²) in [6, 6.07) is 14.3. The van der Waals surface area contributed by atoms with Gasteiger partial charge in [-0.25, -0.2) is 18.7 Å². The van der Waals surface area contributed by atoms with Crippen LogP contribution in [0.25, 0.3) is 16.7 Å². The molecule has 0 saturated carbocycles. The summed E-state index contributed by atoms with van der Waals surface area (Å²) in [5, 5.41) is 4.46. The third-order valence-corrected chi connectivity index (χ3v) is 3.82. The maximum atomic E-state index is 13.0. The van der Waals surface area contributed by atoms with Crippen LogP contribution in [-0.2, 0) is 0 Å². The molecule has 0 spiro atoms. The predicted octanol–water partition coefficient (Wildman–Crippen LogP) is 2.11. The topological polar surface area (TPSA) is 81.8 Å². The lowest BCUT2D eigenvalue weighted by Crippen LogP contribution is -2.33. The van der Waals surface area contributed by atoms with Crippen LogP contribution in [0.4, 0.5) is 4.39 Å².